The smallest absolute Gasteiger partial charge is 0.248 e. The Morgan fingerprint density at radius 3 is 1.18 bits per heavy atom. The molecule has 0 atom stereocenters. The predicted molar refractivity (Wildman–Crippen MR) is 191 cm³/mol. The first-order valence-electron chi connectivity index (χ1n) is 15.0. The Labute approximate surface area is 268 Å². The van der Waals surface area contributed by atoms with Crippen LogP contribution in [-0.2, 0) is 0 Å². The number of aromatic nitrogens is 2. The molecule has 3 heterocycles. The first kappa shape index (κ1) is 26.3. The minimum absolute atomic E-state index is 0.515. The molecule has 3 aromatic heterocycles. The maximum Gasteiger partial charge on any atom is 0.248 e. The molecule has 0 radical (unpaired) electrons. The van der Waals surface area contributed by atoms with Gasteiger partial charge in [-0.25, -0.2) is 0 Å². The molecule has 0 aliphatic rings. The van der Waals surface area contributed by atoms with E-state index in [9.17, 15) is 0 Å². The summed E-state index contributed by atoms with van der Waals surface area (Å²) >= 11 is 3.74. The number of hydrogen-bond acceptors (Lipinski definition) is 5. The maximum absolute atomic E-state index is 6.18. The van der Waals surface area contributed by atoms with Crippen LogP contribution in [0.15, 0.2) is 126 Å². The first-order chi connectivity index (χ1) is 22.1. The van der Waals surface area contributed by atoms with Crippen molar-refractivity contribution in [3.8, 4) is 45.2 Å². The summed E-state index contributed by atoms with van der Waals surface area (Å²) in [6.07, 6.45) is 0. The van der Waals surface area contributed by atoms with Gasteiger partial charge in [0, 0.05) is 51.5 Å². The monoisotopic (exact) mass is 614 g/mol. The summed E-state index contributed by atoms with van der Waals surface area (Å²) in [5, 5.41) is 14.1. The Balaban J connectivity index is 1.01. The van der Waals surface area contributed by atoms with Crippen molar-refractivity contribution in [1.29, 1.82) is 0 Å². The fourth-order valence-electron chi connectivity index (χ4n) is 6.42. The van der Waals surface area contributed by atoms with Gasteiger partial charge in [0.05, 0.1) is 0 Å². The number of nitrogens with zero attached hydrogens (tertiary/aromatic N) is 2. The minimum Gasteiger partial charge on any atom is -0.416 e. The molecule has 9 rings (SSSR count). The highest BCUT2D eigenvalue weighted by Gasteiger charge is 2.15. The van der Waals surface area contributed by atoms with Crippen molar-refractivity contribution < 1.29 is 4.42 Å². The van der Waals surface area contributed by atoms with Crippen LogP contribution in [0.5, 0.6) is 0 Å². The third kappa shape index (κ3) is 4.23. The van der Waals surface area contributed by atoms with Gasteiger partial charge in [-0.2, -0.15) is 0 Å². The Morgan fingerprint density at radius 1 is 0.400 bits per heavy atom. The van der Waals surface area contributed by atoms with Gasteiger partial charge >= 0.3 is 0 Å². The molecule has 3 nitrogen and oxygen atoms in total. The second-order valence-electron chi connectivity index (χ2n) is 11.5. The van der Waals surface area contributed by atoms with E-state index in [1.165, 1.54) is 73.7 Å². The van der Waals surface area contributed by atoms with Gasteiger partial charge in [0.2, 0.25) is 11.8 Å². The van der Waals surface area contributed by atoms with Crippen molar-refractivity contribution in [3.63, 3.8) is 0 Å². The zero-order chi connectivity index (χ0) is 30.1. The highest BCUT2D eigenvalue weighted by molar-refractivity contribution is 7.27. The molecule has 0 saturated carbocycles. The first-order valence-corrected chi connectivity index (χ1v) is 16.6. The topological polar surface area (TPSA) is 38.9 Å². The van der Waals surface area contributed by atoms with Crippen LogP contribution >= 0.6 is 22.7 Å². The van der Waals surface area contributed by atoms with Crippen LogP contribution in [0, 0.1) is 13.8 Å². The zero-order valence-electron chi connectivity index (χ0n) is 24.7. The molecule has 0 unspecified atom stereocenters. The van der Waals surface area contributed by atoms with Crippen molar-refractivity contribution in [2.24, 2.45) is 0 Å². The number of fused-ring (bicyclic) bond motifs is 6. The molecule has 5 heteroatoms. The van der Waals surface area contributed by atoms with Crippen LogP contribution in [0.2, 0.25) is 0 Å². The van der Waals surface area contributed by atoms with E-state index in [0.717, 1.165) is 11.1 Å². The molecule has 45 heavy (non-hydrogen) atoms. The van der Waals surface area contributed by atoms with Crippen LogP contribution in [0.25, 0.3) is 85.5 Å². The highest BCUT2D eigenvalue weighted by atomic mass is 32.1. The lowest BCUT2D eigenvalue weighted by molar-refractivity contribution is 0.584. The quantitative estimate of drug-likeness (QED) is 0.198. The Hall–Kier alpha value is -5.10. The molecule has 0 bridgehead atoms. The van der Waals surface area contributed by atoms with E-state index < -0.39 is 0 Å². The Bertz CT molecular complexity index is 2370. The Kier molecular flexibility index (Phi) is 5.98. The third-order valence-corrected chi connectivity index (χ3v) is 11.5. The second kappa shape index (κ2) is 10.2. The summed E-state index contributed by atoms with van der Waals surface area (Å²) in [5.41, 5.74) is 9.28. The third-order valence-electron chi connectivity index (χ3n) is 8.75. The van der Waals surface area contributed by atoms with E-state index >= 15 is 0 Å². The molecular formula is C40H26N2OS2. The zero-order valence-corrected chi connectivity index (χ0v) is 26.3. The number of thiophene rings is 2. The lowest BCUT2D eigenvalue weighted by Crippen LogP contribution is -1.81. The average Bonchev–Trinajstić information content (AvgIpc) is 3.82. The van der Waals surface area contributed by atoms with Gasteiger partial charge in [-0.15, -0.1) is 32.9 Å². The lowest BCUT2D eigenvalue weighted by atomic mass is 10.0. The predicted octanol–water partition coefficient (Wildman–Crippen LogP) is 12.1. The van der Waals surface area contributed by atoms with Crippen molar-refractivity contribution >= 4 is 63.0 Å². The average molecular weight is 615 g/mol. The van der Waals surface area contributed by atoms with Crippen LogP contribution in [0.4, 0.5) is 0 Å². The molecule has 0 N–H and O–H groups in total. The van der Waals surface area contributed by atoms with Crippen molar-refractivity contribution in [3.05, 3.63) is 132 Å². The van der Waals surface area contributed by atoms with Gasteiger partial charge in [-0.3, -0.25) is 0 Å². The van der Waals surface area contributed by atoms with Gasteiger partial charge in [-0.05, 0) is 71.5 Å². The van der Waals surface area contributed by atoms with Crippen LogP contribution in [-0.4, -0.2) is 10.2 Å². The lowest BCUT2D eigenvalue weighted by Gasteiger charge is -2.05. The molecule has 214 valence electrons. The van der Waals surface area contributed by atoms with E-state index in [4.69, 9.17) is 4.42 Å². The summed E-state index contributed by atoms with van der Waals surface area (Å²) in [7, 11) is 0. The van der Waals surface area contributed by atoms with Gasteiger partial charge in [-0.1, -0.05) is 97.1 Å². The van der Waals surface area contributed by atoms with Crippen LogP contribution < -0.4 is 0 Å². The normalized spacial score (nSPS) is 11.8. The maximum atomic E-state index is 6.18. The van der Waals surface area contributed by atoms with Gasteiger partial charge in [0.15, 0.2) is 0 Å². The fourth-order valence-corrected chi connectivity index (χ4v) is 9.03. The fraction of sp³-hybridized carbons (Fsp3) is 0.0500. The molecule has 0 saturated heterocycles. The van der Waals surface area contributed by atoms with E-state index in [2.05, 4.69) is 145 Å². The molecule has 0 amide bonds. The largest absolute Gasteiger partial charge is 0.416 e. The Morgan fingerprint density at radius 2 is 0.756 bits per heavy atom. The summed E-state index contributed by atoms with van der Waals surface area (Å²) in [4.78, 5) is 0. The highest BCUT2D eigenvalue weighted by Crippen LogP contribution is 2.43. The van der Waals surface area contributed by atoms with Crippen molar-refractivity contribution in [2.75, 3.05) is 0 Å². The number of aryl methyl sites for hydroxylation is 2. The molecule has 9 aromatic rings. The van der Waals surface area contributed by atoms with Crippen LogP contribution in [0.1, 0.15) is 11.1 Å². The summed E-state index contributed by atoms with van der Waals surface area (Å²) < 4.78 is 11.5. The molecule has 0 fully saturated rings. The van der Waals surface area contributed by atoms with Crippen LogP contribution in [0.3, 0.4) is 0 Å². The number of hydrogen-bond donors (Lipinski definition) is 0. The summed E-state index contributed by atoms with van der Waals surface area (Å²) in [6, 6.07) is 43.2. The standard InChI is InChI=1S/C40H26N2OS2/c1-23-7-3-11-31-33-13-5-9-29(37(33)44-35(23)31)25-15-19-27(20-16-25)39-41-42-40(43-39)28-21-17-26(18-22-28)30-10-6-14-34-32-12-4-8-24(2)36(32)45-38(30)34/h3-22H,1-2H3. The SMILES string of the molecule is Cc1cccc2c1sc1c(-c3ccc(-c4nnc(-c5ccc(-c6cccc7c6sc6c(C)cccc67)cc5)o4)cc3)cccc12. The van der Waals surface area contributed by atoms with Crippen molar-refractivity contribution in [1.82, 2.24) is 10.2 Å². The van der Waals surface area contributed by atoms with E-state index in [0.29, 0.717) is 11.8 Å². The second-order valence-corrected chi connectivity index (χ2v) is 13.6. The minimum atomic E-state index is 0.515. The van der Waals surface area contributed by atoms with Gasteiger partial charge in [0.25, 0.3) is 0 Å². The molecular weight excluding hydrogens is 589 g/mol. The molecule has 0 aliphatic carbocycles. The summed E-state index contributed by atoms with van der Waals surface area (Å²) in [6.45, 7) is 4.37. The molecule has 6 aromatic carbocycles. The molecule has 0 spiro atoms. The number of benzene rings is 6. The van der Waals surface area contributed by atoms with Crippen molar-refractivity contribution in [2.45, 2.75) is 13.8 Å². The number of rotatable bonds is 4. The van der Waals surface area contributed by atoms with Gasteiger partial charge in [0.1, 0.15) is 0 Å². The van der Waals surface area contributed by atoms with E-state index in [1.807, 2.05) is 22.7 Å². The molecule has 0 aliphatic heterocycles. The van der Waals surface area contributed by atoms with Gasteiger partial charge < -0.3 is 4.42 Å². The van der Waals surface area contributed by atoms with E-state index in [-0.39, 0.29) is 0 Å². The summed E-state index contributed by atoms with van der Waals surface area (Å²) in [5.74, 6) is 1.03. The van der Waals surface area contributed by atoms with E-state index in [1.54, 1.807) is 0 Å².